The summed E-state index contributed by atoms with van der Waals surface area (Å²) in [6.45, 7) is 6.13. The van der Waals surface area contributed by atoms with E-state index in [9.17, 15) is 0 Å². The van der Waals surface area contributed by atoms with Gasteiger partial charge >= 0.3 is 0 Å². The molecule has 19 heavy (non-hydrogen) atoms. The summed E-state index contributed by atoms with van der Waals surface area (Å²) in [5, 5.41) is 0. The van der Waals surface area contributed by atoms with Crippen molar-refractivity contribution < 1.29 is 4.74 Å². The Morgan fingerprint density at radius 1 is 1.32 bits per heavy atom. The molecule has 0 fully saturated rings. The molecule has 2 aromatic rings. The van der Waals surface area contributed by atoms with E-state index in [1.165, 1.54) is 0 Å². The highest BCUT2D eigenvalue weighted by Gasteiger charge is 2.12. The van der Waals surface area contributed by atoms with Crippen molar-refractivity contribution in [2.24, 2.45) is 0 Å². The molecular weight excluding hydrogens is 306 g/mol. The van der Waals surface area contributed by atoms with Gasteiger partial charge in [-0.3, -0.25) is 0 Å². The van der Waals surface area contributed by atoms with Crippen molar-refractivity contribution in [3.63, 3.8) is 0 Å². The molecule has 4 nitrogen and oxygen atoms in total. The summed E-state index contributed by atoms with van der Waals surface area (Å²) in [4.78, 5) is 8.06. The number of aryl methyl sites for hydroxylation is 1. The number of rotatable bonds is 3. The number of anilines is 1. The monoisotopic (exact) mass is 321 g/mol. The molecule has 0 radical (unpaired) electrons. The molecule has 0 aliphatic carbocycles. The van der Waals surface area contributed by atoms with Crippen molar-refractivity contribution in [1.29, 1.82) is 0 Å². The molecule has 0 atom stereocenters. The number of nitrogens with two attached hydrogens (primary N) is 1. The van der Waals surface area contributed by atoms with Crippen LogP contribution < -0.4 is 10.5 Å². The first-order valence-electron chi connectivity index (χ1n) is 6.04. The van der Waals surface area contributed by atoms with Crippen molar-refractivity contribution in [3.05, 3.63) is 40.0 Å². The Bertz CT molecular complexity index is 599. The first-order valence-corrected chi connectivity index (χ1v) is 6.83. The predicted octanol–water partition coefficient (Wildman–Crippen LogP) is 4.05. The fourth-order valence-corrected chi connectivity index (χ4v) is 2.09. The van der Waals surface area contributed by atoms with Crippen LogP contribution in [-0.4, -0.2) is 9.97 Å². The number of aromatic nitrogens is 2. The fourth-order valence-electron chi connectivity index (χ4n) is 1.71. The first-order chi connectivity index (χ1) is 8.97. The van der Waals surface area contributed by atoms with E-state index >= 15 is 0 Å². The summed E-state index contributed by atoms with van der Waals surface area (Å²) < 4.78 is 6.92. The van der Waals surface area contributed by atoms with Crippen LogP contribution in [0.5, 0.6) is 11.6 Å². The van der Waals surface area contributed by atoms with Gasteiger partial charge in [-0.15, -0.1) is 0 Å². The van der Waals surface area contributed by atoms with E-state index in [0.717, 1.165) is 21.3 Å². The molecule has 0 saturated carbocycles. The van der Waals surface area contributed by atoms with Crippen molar-refractivity contribution in [2.75, 3.05) is 5.73 Å². The second kappa shape index (κ2) is 5.57. The Hall–Kier alpha value is -1.62. The molecule has 5 heteroatoms. The van der Waals surface area contributed by atoms with Crippen LogP contribution in [0.2, 0.25) is 0 Å². The summed E-state index contributed by atoms with van der Waals surface area (Å²) in [5.41, 5.74) is 7.56. The van der Waals surface area contributed by atoms with Crippen LogP contribution in [0.25, 0.3) is 0 Å². The molecule has 1 aromatic heterocycles. The van der Waals surface area contributed by atoms with Gasteiger partial charge in [-0.1, -0.05) is 29.8 Å². The maximum Gasteiger partial charge on any atom is 0.226 e. The smallest absolute Gasteiger partial charge is 0.226 e. The van der Waals surface area contributed by atoms with E-state index in [1.807, 2.05) is 19.1 Å². The average molecular weight is 322 g/mol. The summed E-state index contributed by atoms with van der Waals surface area (Å²) in [6, 6.07) is 5.93. The van der Waals surface area contributed by atoms with Crippen LogP contribution in [-0.2, 0) is 0 Å². The molecule has 0 aliphatic heterocycles. The highest BCUT2D eigenvalue weighted by Crippen LogP contribution is 2.33. The highest BCUT2D eigenvalue weighted by atomic mass is 79.9. The summed E-state index contributed by atoms with van der Waals surface area (Å²) >= 11 is 3.47. The zero-order chi connectivity index (χ0) is 14.0. The van der Waals surface area contributed by atoms with Crippen LogP contribution >= 0.6 is 15.9 Å². The minimum absolute atomic E-state index is 0.212. The standard InChI is InChI=1S/C14H16BrN3O/c1-8(2)11-6-10(15)4-5-12(11)19-13-9(3)7-17-14(16)18-13/h4-8H,1-3H3,(H2,16,17,18). The van der Waals surface area contributed by atoms with Crippen LogP contribution in [0.4, 0.5) is 5.95 Å². The van der Waals surface area contributed by atoms with Gasteiger partial charge < -0.3 is 10.5 Å². The molecule has 2 rings (SSSR count). The molecule has 100 valence electrons. The van der Waals surface area contributed by atoms with Gasteiger partial charge in [-0.05, 0) is 36.6 Å². The SMILES string of the molecule is Cc1cnc(N)nc1Oc1ccc(Br)cc1C(C)C. The molecule has 0 aliphatic rings. The second-order valence-corrected chi connectivity index (χ2v) is 5.57. The van der Waals surface area contributed by atoms with E-state index in [-0.39, 0.29) is 5.95 Å². The van der Waals surface area contributed by atoms with Gasteiger partial charge in [-0.2, -0.15) is 4.98 Å². The Labute approximate surface area is 121 Å². The van der Waals surface area contributed by atoms with Crippen LogP contribution in [0.1, 0.15) is 30.9 Å². The number of nitrogen functional groups attached to an aromatic ring is 1. The minimum atomic E-state index is 0.212. The lowest BCUT2D eigenvalue weighted by molar-refractivity contribution is 0.450. The third-order valence-electron chi connectivity index (χ3n) is 2.74. The molecule has 1 aromatic carbocycles. The van der Waals surface area contributed by atoms with Crippen LogP contribution in [0.15, 0.2) is 28.9 Å². The van der Waals surface area contributed by atoms with Gasteiger partial charge in [0.1, 0.15) is 5.75 Å². The zero-order valence-electron chi connectivity index (χ0n) is 11.1. The number of hydrogen-bond donors (Lipinski definition) is 1. The van der Waals surface area contributed by atoms with E-state index < -0.39 is 0 Å². The first kappa shape index (κ1) is 13.8. The highest BCUT2D eigenvalue weighted by molar-refractivity contribution is 9.10. The van der Waals surface area contributed by atoms with Gasteiger partial charge in [-0.25, -0.2) is 4.98 Å². The third kappa shape index (κ3) is 3.23. The topological polar surface area (TPSA) is 61.0 Å². The predicted molar refractivity (Wildman–Crippen MR) is 79.5 cm³/mol. The molecule has 0 bridgehead atoms. The van der Waals surface area contributed by atoms with Crippen molar-refractivity contribution in [2.45, 2.75) is 26.7 Å². The third-order valence-corrected chi connectivity index (χ3v) is 3.24. The largest absolute Gasteiger partial charge is 0.438 e. The second-order valence-electron chi connectivity index (χ2n) is 4.66. The van der Waals surface area contributed by atoms with Gasteiger partial charge in [0.15, 0.2) is 0 Å². The lowest BCUT2D eigenvalue weighted by atomic mass is 10.0. The number of benzene rings is 1. The van der Waals surface area contributed by atoms with E-state index in [0.29, 0.717) is 11.8 Å². The number of hydrogen-bond acceptors (Lipinski definition) is 4. The fraction of sp³-hybridized carbons (Fsp3) is 0.286. The van der Waals surface area contributed by atoms with E-state index in [4.69, 9.17) is 10.5 Å². The Balaban J connectivity index is 2.40. The van der Waals surface area contributed by atoms with E-state index in [1.54, 1.807) is 6.20 Å². The molecule has 0 amide bonds. The lowest BCUT2D eigenvalue weighted by Gasteiger charge is -2.14. The van der Waals surface area contributed by atoms with Gasteiger partial charge in [0.05, 0.1) is 0 Å². The molecule has 0 spiro atoms. The molecule has 2 N–H and O–H groups in total. The molecular formula is C14H16BrN3O. The number of nitrogens with zero attached hydrogens (tertiary/aromatic N) is 2. The van der Waals surface area contributed by atoms with Gasteiger partial charge in [0.25, 0.3) is 0 Å². The number of halogens is 1. The Morgan fingerprint density at radius 3 is 2.74 bits per heavy atom. The van der Waals surface area contributed by atoms with Crippen molar-refractivity contribution in [3.8, 4) is 11.6 Å². The summed E-state index contributed by atoms with van der Waals surface area (Å²) in [6.07, 6.45) is 1.66. The molecule has 0 unspecified atom stereocenters. The van der Waals surface area contributed by atoms with Crippen molar-refractivity contribution in [1.82, 2.24) is 9.97 Å². The number of ether oxygens (including phenoxy) is 1. The summed E-state index contributed by atoms with van der Waals surface area (Å²) in [7, 11) is 0. The quantitative estimate of drug-likeness (QED) is 0.926. The van der Waals surface area contributed by atoms with E-state index in [2.05, 4.69) is 45.8 Å². The van der Waals surface area contributed by atoms with Crippen molar-refractivity contribution >= 4 is 21.9 Å². The minimum Gasteiger partial charge on any atom is -0.438 e. The molecule has 0 saturated heterocycles. The Morgan fingerprint density at radius 2 is 2.05 bits per heavy atom. The maximum atomic E-state index is 5.89. The Kier molecular flexibility index (Phi) is 4.04. The maximum absolute atomic E-state index is 5.89. The van der Waals surface area contributed by atoms with Gasteiger partial charge in [0, 0.05) is 16.2 Å². The zero-order valence-corrected chi connectivity index (χ0v) is 12.7. The average Bonchev–Trinajstić information content (AvgIpc) is 2.35. The molecule has 1 heterocycles. The van der Waals surface area contributed by atoms with Crippen LogP contribution in [0.3, 0.4) is 0 Å². The van der Waals surface area contributed by atoms with Gasteiger partial charge in [0.2, 0.25) is 11.8 Å². The summed E-state index contributed by atoms with van der Waals surface area (Å²) in [5.74, 6) is 1.85. The normalized spacial score (nSPS) is 10.8. The van der Waals surface area contributed by atoms with Crippen LogP contribution in [0, 0.1) is 6.92 Å². The lowest BCUT2D eigenvalue weighted by Crippen LogP contribution is -2.01.